The summed E-state index contributed by atoms with van der Waals surface area (Å²) in [5.74, 6) is 0.111. The van der Waals surface area contributed by atoms with E-state index < -0.39 is 12.1 Å². The molecule has 0 saturated heterocycles. The monoisotopic (exact) mass is 327 g/mol. The van der Waals surface area contributed by atoms with Gasteiger partial charge in [0.1, 0.15) is 0 Å². The van der Waals surface area contributed by atoms with E-state index in [2.05, 4.69) is 5.32 Å². The molecule has 1 aliphatic heterocycles. The molecule has 0 aliphatic carbocycles. The molecule has 4 nitrogen and oxygen atoms in total. The molecular formula is C18H17NO3S. The van der Waals surface area contributed by atoms with Gasteiger partial charge in [-0.2, -0.15) is 0 Å². The summed E-state index contributed by atoms with van der Waals surface area (Å²) < 4.78 is 5.23. The molecule has 0 saturated carbocycles. The van der Waals surface area contributed by atoms with Gasteiger partial charge in [-0.25, -0.2) is 4.79 Å². The van der Waals surface area contributed by atoms with Gasteiger partial charge in [0, 0.05) is 23.6 Å². The highest BCUT2D eigenvalue weighted by Crippen LogP contribution is 2.20. The summed E-state index contributed by atoms with van der Waals surface area (Å²) in [6.07, 6.45) is -0.307. The predicted octanol–water partition coefficient (Wildman–Crippen LogP) is 2.68. The van der Waals surface area contributed by atoms with Crippen molar-refractivity contribution in [2.24, 2.45) is 0 Å². The highest BCUT2D eigenvalue weighted by molar-refractivity contribution is 7.99. The molecular weight excluding hydrogens is 310 g/mol. The lowest BCUT2D eigenvalue weighted by Gasteiger charge is -2.23. The SMILES string of the molecule is O=C1OC(C(=O)NCCSc2ccccc2)Cc2ccccc21. The molecule has 1 heterocycles. The number of benzene rings is 2. The van der Waals surface area contributed by atoms with E-state index in [1.807, 2.05) is 42.5 Å². The van der Waals surface area contributed by atoms with Crippen LogP contribution < -0.4 is 5.32 Å². The van der Waals surface area contributed by atoms with Crippen molar-refractivity contribution in [1.82, 2.24) is 5.32 Å². The smallest absolute Gasteiger partial charge is 0.339 e. The van der Waals surface area contributed by atoms with Gasteiger partial charge in [0.15, 0.2) is 6.10 Å². The second kappa shape index (κ2) is 7.33. The Balaban J connectivity index is 1.49. The third-order valence-electron chi connectivity index (χ3n) is 3.60. The molecule has 3 rings (SSSR count). The Morgan fingerprint density at radius 1 is 1.13 bits per heavy atom. The number of amides is 1. The molecule has 0 radical (unpaired) electrons. The van der Waals surface area contributed by atoms with Crippen molar-refractivity contribution in [2.45, 2.75) is 17.4 Å². The van der Waals surface area contributed by atoms with Gasteiger partial charge in [0.05, 0.1) is 5.56 Å². The van der Waals surface area contributed by atoms with Crippen LogP contribution in [0.1, 0.15) is 15.9 Å². The lowest BCUT2D eigenvalue weighted by atomic mass is 9.98. The summed E-state index contributed by atoms with van der Waals surface area (Å²) in [4.78, 5) is 25.2. The first-order chi connectivity index (χ1) is 11.2. The van der Waals surface area contributed by atoms with Crippen molar-refractivity contribution in [3.63, 3.8) is 0 Å². The maximum atomic E-state index is 12.2. The number of carbonyl (C=O) groups excluding carboxylic acids is 2. The highest BCUT2D eigenvalue weighted by Gasteiger charge is 2.30. The Morgan fingerprint density at radius 3 is 2.70 bits per heavy atom. The third kappa shape index (κ3) is 3.93. The summed E-state index contributed by atoms with van der Waals surface area (Å²) in [6, 6.07) is 17.3. The lowest BCUT2D eigenvalue weighted by Crippen LogP contribution is -2.42. The zero-order chi connectivity index (χ0) is 16.1. The highest BCUT2D eigenvalue weighted by atomic mass is 32.2. The predicted molar refractivity (Wildman–Crippen MR) is 89.5 cm³/mol. The molecule has 0 bridgehead atoms. The molecule has 1 atom stereocenters. The molecule has 1 unspecified atom stereocenters. The average molecular weight is 327 g/mol. The summed E-state index contributed by atoms with van der Waals surface area (Å²) in [5.41, 5.74) is 1.42. The van der Waals surface area contributed by atoms with Crippen LogP contribution in [0.25, 0.3) is 0 Å². The van der Waals surface area contributed by atoms with Crippen LogP contribution in [0.4, 0.5) is 0 Å². The maximum absolute atomic E-state index is 12.2. The van der Waals surface area contributed by atoms with Crippen LogP contribution in [0, 0.1) is 0 Å². The van der Waals surface area contributed by atoms with Crippen LogP contribution in [0.15, 0.2) is 59.5 Å². The summed E-state index contributed by atoms with van der Waals surface area (Å²) in [5, 5.41) is 2.84. The molecule has 1 amide bonds. The molecule has 0 aromatic heterocycles. The molecule has 0 fully saturated rings. The standard InChI is InChI=1S/C18H17NO3S/c20-17(19-10-11-23-14-7-2-1-3-8-14)16-12-13-6-4-5-9-15(13)18(21)22-16/h1-9,16H,10-12H2,(H,19,20). The molecule has 2 aromatic carbocycles. The van der Waals surface area contributed by atoms with E-state index in [0.29, 0.717) is 18.5 Å². The second-order valence-electron chi connectivity index (χ2n) is 5.21. The van der Waals surface area contributed by atoms with E-state index in [-0.39, 0.29) is 5.91 Å². The van der Waals surface area contributed by atoms with Crippen molar-refractivity contribution >= 4 is 23.6 Å². The Kier molecular flexibility index (Phi) is 4.98. The van der Waals surface area contributed by atoms with Gasteiger partial charge in [0.25, 0.3) is 5.91 Å². The summed E-state index contributed by atoms with van der Waals surface area (Å²) in [7, 11) is 0. The number of fused-ring (bicyclic) bond motifs is 1. The summed E-state index contributed by atoms with van der Waals surface area (Å²) >= 11 is 1.68. The van der Waals surface area contributed by atoms with Crippen LogP contribution in [-0.4, -0.2) is 30.3 Å². The van der Waals surface area contributed by atoms with Crippen LogP contribution in [0.3, 0.4) is 0 Å². The second-order valence-corrected chi connectivity index (χ2v) is 6.38. The van der Waals surface area contributed by atoms with Crippen molar-refractivity contribution in [3.8, 4) is 0 Å². The van der Waals surface area contributed by atoms with Crippen LogP contribution in [-0.2, 0) is 16.0 Å². The zero-order valence-electron chi connectivity index (χ0n) is 12.5. The largest absolute Gasteiger partial charge is 0.448 e. The number of rotatable bonds is 5. The first-order valence-electron chi connectivity index (χ1n) is 7.48. The zero-order valence-corrected chi connectivity index (χ0v) is 13.3. The van der Waals surface area contributed by atoms with Gasteiger partial charge in [0.2, 0.25) is 0 Å². The van der Waals surface area contributed by atoms with Crippen molar-refractivity contribution < 1.29 is 14.3 Å². The summed E-state index contributed by atoms with van der Waals surface area (Å²) in [6.45, 7) is 0.536. The Hall–Kier alpha value is -2.27. The minimum absolute atomic E-state index is 0.235. The number of esters is 1. The van der Waals surface area contributed by atoms with E-state index in [0.717, 1.165) is 11.3 Å². The number of cyclic esters (lactones) is 1. The maximum Gasteiger partial charge on any atom is 0.339 e. The number of thioether (sulfide) groups is 1. The van der Waals surface area contributed by atoms with Crippen molar-refractivity contribution in [1.29, 1.82) is 0 Å². The third-order valence-corrected chi connectivity index (χ3v) is 4.61. The molecule has 2 aromatic rings. The quantitative estimate of drug-likeness (QED) is 0.521. The lowest BCUT2D eigenvalue weighted by molar-refractivity contribution is -0.130. The molecule has 0 spiro atoms. The first kappa shape index (κ1) is 15.6. The van der Waals surface area contributed by atoms with E-state index in [9.17, 15) is 9.59 Å². The minimum atomic E-state index is -0.737. The number of carbonyl (C=O) groups is 2. The number of hydrogen-bond donors (Lipinski definition) is 1. The number of ether oxygens (including phenoxy) is 1. The van der Waals surface area contributed by atoms with Gasteiger partial charge in [-0.1, -0.05) is 36.4 Å². The minimum Gasteiger partial charge on any atom is -0.448 e. The number of hydrogen-bond acceptors (Lipinski definition) is 4. The average Bonchev–Trinajstić information content (AvgIpc) is 2.59. The van der Waals surface area contributed by atoms with Gasteiger partial charge in [-0.05, 0) is 23.8 Å². The topological polar surface area (TPSA) is 55.4 Å². The van der Waals surface area contributed by atoms with Crippen LogP contribution >= 0.6 is 11.8 Å². The fourth-order valence-electron chi connectivity index (χ4n) is 2.45. The first-order valence-corrected chi connectivity index (χ1v) is 8.47. The van der Waals surface area contributed by atoms with Crippen molar-refractivity contribution in [2.75, 3.05) is 12.3 Å². The molecule has 5 heteroatoms. The normalized spacial score (nSPS) is 16.3. The van der Waals surface area contributed by atoms with Gasteiger partial charge in [-0.15, -0.1) is 11.8 Å². The van der Waals surface area contributed by atoms with Crippen LogP contribution in [0.5, 0.6) is 0 Å². The van der Waals surface area contributed by atoms with Crippen molar-refractivity contribution in [3.05, 3.63) is 65.7 Å². The fourth-order valence-corrected chi connectivity index (χ4v) is 3.24. The Morgan fingerprint density at radius 2 is 1.87 bits per heavy atom. The van der Waals surface area contributed by atoms with Gasteiger partial charge in [-0.3, -0.25) is 4.79 Å². The van der Waals surface area contributed by atoms with Crippen LogP contribution in [0.2, 0.25) is 0 Å². The van der Waals surface area contributed by atoms with E-state index in [1.165, 1.54) is 4.90 Å². The molecule has 1 N–H and O–H groups in total. The molecule has 118 valence electrons. The molecule has 1 aliphatic rings. The van der Waals surface area contributed by atoms with E-state index >= 15 is 0 Å². The van der Waals surface area contributed by atoms with E-state index in [4.69, 9.17) is 4.74 Å². The fraction of sp³-hybridized carbons (Fsp3) is 0.222. The van der Waals surface area contributed by atoms with Gasteiger partial charge >= 0.3 is 5.97 Å². The Bertz CT molecular complexity index is 702. The van der Waals surface area contributed by atoms with Gasteiger partial charge < -0.3 is 10.1 Å². The number of nitrogens with one attached hydrogen (secondary N) is 1. The van der Waals surface area contributed by atoms with E-state index in [1.54, 1.807) is 23.9 Å². The molecule has 23 heavy (non-hydrogen) atoms. The Labute approximate surface area is 139 Å².